The predicted octanol–water partition coefficient (Wildman–Crippen LogP) is 17.3. The molecule has 2 aromatic carbocycles. The molecule has 3 heteroatoms. The molecule has 324 valence electrons. The summed E-state index contributed by atoms with van der Waals surface area (Å²) in [5.41, 5.74) is 6.89. The van der Waals surface area contributed by atoms with E-state index in [1.165, 1.54) is 75.3 Å². The van der Waals surface area contributed by atoms with Crippen LogP contribution in [0.5, 0.6) is 0 Å². The zero-order valence-corrected chi connectivity index (χ0v) is 43.3. The Hall–Kier alpha value is -0.0969. The third-order valence-electron chi connectivity index (χ3n) is 17.4. The van der Waals surface area contributed by atoms with E-state index in [9.17, 15) is 0 Å². The molecule has 0 aliphatic heterocycles. The molecule has 0 nitrogen and oxygen atoms in total. The summed E-state index contributed by atoms with van der Waals surface area (Å²) in [6.45, 7) is 24.5. The number of benzene rings is 2. The molecule has 14 unspecified atom stereocenters. The van der Waals surface area contributed by atoms with E-state index in [4.69, 9.17) is 17.0 Å². The summed E-state index contributed by atoms with van der Waals surface area (Å²) in [4.78, 5) is 0. The van der Waals surface area contributed by atoms with Gasteiger partial charge in [0.05, 0.1) is 0 Å². The summed E-state index contributed by atoms with van der Waals surface area (Å²) in [5.74, 6) is 14.5. The molecular weight excluding hydrogens is 823 g/mol. The van der Waals surface area contributed by atoms with Crippen molar-refractivity contribution in [2.75, 3.05) is 0 Å². The Morgan fingerprint density at radius 1 is 0.517 bits per heavy atom. The standard InChI is InChI=1S/C53H80.2CH3.2ClH.Zr/c1-32(2)25-38-29-48-46(27-36-13-11-15-42(36)50(48)34-17-21-40(22-18-34)52(5,6)7)44(38)31-45-39(26-33(3)4)30-49-47(45)28-37-14-12-16-43(37)51(49)35-19-23-41(24-20-35)53(8,9)10;;;;;/h17-24,32-33,36-39,42-51H,11-16,25-31H2,1-10H3;2*1H3;2*1H;/q;2*-1;;;+4/p-2. The molecule has 6 fully saturated rings. The summed E-state index contributed by atoms with van der Waals surface area (Å²) in [6.07, 6.45) is 19.6. The van der Waals surface area contributed by atoms with Crippen LogP contribution in [0.4, 0.5) is 0 Å². The van der Waals surface area contributed by atoms with Crippen molar-refractivity contribution in [3.05, 3.63) is 85.6 Å². The molecule has 58 heavy (non-hydrogen) atoms. The van der Waals surface area contributed by atoms with Gasteiger partial charge in [0, 0.05) is 0 Å². The van der Waals surface area contributed by atoms with Crippen LogP contribution in [0, 0.1) is 97.7 Å². The van der Waals surface area contributed by atoms with Crippen molar-refractivity contribution >= 4 is 17.0 Å². The topological polar surface area (TPSA) is 0 Å². The molecule has 6 saturated carbocycles. The molecule has 0 spiro atoms. The van der Waals surface area contributed by atoms with Gasteiger partial charge in [-0.25, -0.2) is 0 Å². The number of hydrogen-bond donors (Lipinski definition) is 0. The molecule has 0 bridgehead atoms. The average Bonchev–Trinajstić information content (AvgIpc) is 3.92. The minimum atomic E-state index is -0.826. The first-order chi connectivity index (χ1) is 26.6. The second-order valence-electron chi connectivity index (χ2n) is 23.5. The van der Waals surface area contributed by atoms with E-state index >= 15 is 0 Å². The van der Waals surface area contributed by atoms with E-state index in [0.717, 1.165) is 94.7 Å². The first-order valence-electron chi connectivity index (χ1n) is 23.8. The minimum absolute atomic E-state index is 0. The average molecular weight is 909 g/mol. The maximum absolute atomic E-state index is 4.93. The van der Waals surface area contributed by atoms with Crippen molar-refractivity contribution in [1.82, 2.24) is 0 Å². The van der Waals surface area contributed by atoms with Crippen molar-refractivity contribution in [1.29, 1.82) is 0 Å². The first kappa shape index (κ1) is 48.9. The Labute approximate surface area is 379 Å². The molecule has 0 N–H and O–H groups in total. The van der Waals surface area contributed by atoms with Gasteiger partial charge in [0.25, 0.3) is 0 Å². The second kappa shape index (κ2) is 20.2. The molecule has 6 aliphatic carbocycles. The van der Waals surface area contributed by atoms with Crippen molar-refractivity contribution in [2.24, 2.45) is 82.9 Å². The van der Waals surface area contributed by atoms with E-state index < -0.39 is 20.8 Å². The molecule has 0 aromatic heterocycles. The van der Waals surface area contributed by atoms with E-state index in [1.54, 1.807) is 30.4 Å². The molecule has 14 atom stereocenters. The monoisotopic (exact) mass is 907 g/mol. The van der Waals surface area contributed by atoms with Gasteiger partial charge < -0.3 is 14.9 Å². The van der Waals surface area contributed by atoms with Crippen LogP contribution in [0.2, 0.25) is 0 Å². The summed E-state index contributed by atoms with van der Waals surface area (Å²) in [5, 5.41) is 0. The Morgan fingerprint density at radius 2 is 0.862 bits per heavy atom. The molecule has 0 saturated heterocycles. The normalized spacial score (nSPS) is 36.4. The van der Waals surface area contributed by atoms with Gasteiger partial charge in [-0.1, -0.05) is 143 Å². The fourth-order valence-electron chi connectivity index (χ4n) is 15.5. The fraction of sp³-hybridized carbons (Fsp3) is 0.745. The summed E-state index contributed by atoms with van der Waals surface area (Å²) >= 11 is -0.826. The number of rotatable bonds is 8. The molecule has 0 radical (unpaired) electrons. The zero-order valence-electron chi connectivity index (χ0n) is 39.3. The van der Waals surface area contributed by atoms with Crippen LogP contribution < -0.4 is 0 Å². The summed E-state index contributed by atoms with van der Waals surface area (Å²) < 4.78 is 0. The SMILES string of the molecule is CC(C)CC1CC2C(CC3CCCC3C2c2ccc(C(C)(C)C)cc2)C1CC1C(CC(C)C)CC2C1CC1CCCC1C2c1ccc(C(C)(C)C)cc1.[CH3-].[CH3-].[Cl][Zr+2][Cl]. The first-order valence-corrected chi connectivity index (χ1v) is 30.1. The Morgan fingerprint density at radius 3 is 1.17 bits per heavy atom. The molecule has 0 heterocycles. The second-order valence-corrected chi connectivity index (χ2v) is 27.2. The third kappa shape index (κ3) is 10.3. The van der Waals surface area contributed by atoms with Gasteiger partial charge in [-0.2, -0.15) is 0 Å². The summed E-state index contributed by atoms with van der Waals surface area (Å²) in [7, 11) is 9.87. The van der Waals surface area contributed by atoms with Crippen LogP contribution in [0.1, 0.15) is 187 Å². The van der Waals surface area contributed by atoms with Gasteiger partial charge >= 0.3 is 37.9 Å². The molecule has 2 aromatic rings. The Balaban J connectivity index is 0.00000124. The maximum atomic E-state index is 4.93. The quantitative estimate of drug-likeness (QED) is 0.232. The van der Waals surface area contributed by atoms with Gasteiger partial charge in [0.1, 0.15) is 0 Å². The van der Waals surface area contributed by atoms with Crippen LogP contribution >= 0.6 is 17.0 Å². The van der Waals surface area contributed by atoms with Crippen LogP contribution in [0.15, 0.2) is 48.5 Å². The van der Waals surface area contributed by atoms with E-state index in [2.05, 4.69) is 118 Å². The van der Waals surface area contributed by atoms with Crippen molar-refractivity contribution < 1.29 is 20.8 Å². The zero-order chi connectivity index (χ0) is 40.1. The van der Waals surface area contributed by atoms with E-state index in [-0.39, 0.29) is 25.7 Å². The molecule has 8 rings (SSSR count). The van der Waals surface area contributed by atoms with Crippen molar-refractivity contribution in [3.63, 3.8) is 0 Å². The molecule has 0 amide bonds. The third-order valence-corrected chi connectivity index (χ3v) is 17.4. The molecule has 6 aliphatic rings. The number of hydrogen-bond acceptors (Lipinski definition) is 0. The van der Waals surface area contributed by atoms with Gasteiger partial charge in [-0.05, 0) is 186 Å². The van der Waals surface area contributed by atoms with Gasteiger partial charge in [-0.15, -0.1) is 0 Å². The van der Waals surface area contributed by atoms with E-state index in [0.29, 0.717) is 0 Å². The van der Waals surface area contributed by atoms with Crippen LogP contribution in [-0.4, -0.2) is 0 Å². The Bertz CT molecular complexity index is 1430. The summed E-state index contributed by atoms with van der Waals surface area (Å²) in [6, 6.07) is 20.5. The van der Waals surface area contributed by atoms with Crippen LogP contribution in [0.3, 0.4) is 0 Å². The van der Waals surface area contributed by atoms with Crippen molar-refractivity contribution in [3.8, 4) is 0 Å². The Kier molecular flexibility index (Phi) is 17.0. The van der Waals surface area contributed by atoms with Gasteiger partial charge in [0.15, 0.2) is 0 Å². The van der Waals surface area contributed by atoms with Crippen LogP contribution in [-0.2, 0) is 31.7 Å². The van der Waals surface area contributed by atoms with Crippen molar-refractivity contribution in [2.45, 2.75) is 175 Å². The van der Waals surface area contributed by atoms with E-state index in [1.807, 2.05) is 0 Å². The van der Waals surface area contributed by atoms with Gasteiger partial charge in [-0.3, -0.25) is 0 Å². The van der Waals surface area contributed by atoms with Crippen LogP contribution in [0.25, 0.3) is 0 Å². The number of halogens is 2. The van der Waals surface area contributed by atoms with Gasteiger partial charge in [0.2, 0.25) is 0 Å². The predicted molar refractivity (Wildman–Crippen MR) is 252 cm³/mol. The molecular formula is C55H86Cl2Zr. The fourth-order valence-corrected chi connectivity index (χ4v) is 15.5. The number of fused-ring (bicyclic) bond motifs is 4.